The molecule has 21 heavy (non-hydrogen) atoms. The van der Waals surface area contributed by atoms with E-state index in [4.69, 9.17) is 17.3 Å². The Labute approximate surface area is 129 Å². The van der Waals surface area contributed by atoms with Gasteiger partial charge >= 0.3 is 0 Å². The highest BCUT2D eigenvalue weighted by molar-refractivity contribution is 7.92. The summed E-state index contributed by atoms with van der Waals surface area (Å²) in [5, 5.41) is 0.0733. The van der Waals surface area contributed by atoms with E-state index in [1.165, 1.54) is 12.1 Å². The lowest BCUT2D eigenvalue weighted by molar-refractivity contribution is 0.462. The second-order valence-corrected chi connectivity index (χ2v) is 9.72. The summed E-state index contributed by atoms with van der Waals surface area (Å²) in [7, 11) is -7.13. The lowest BCUT2D eigenvalue weighted by Gasteiger charge is -2.24. The van der Waals surface area contributed by atoms with Crippen molar-refractivity contribution in [3.8, 4) is 0 Å². The molecule has 1 unspecified atom stereocenters. The number of benzene rings is 1. The molecule has 1 aliphatic rings. The predicted octanol–water partition coefficient (Wildman–Crippen LogP) is 0.654. The minimum Gasteiger partial charge on any atom is -0.326 e. The van der Waals surface area contributed by atoms with E-state index < -0.39 is 25.4 Å². The van der Waals surface area contributed by atoms with Crippen LogP contribution in [-0.4, -0.2) is 33.9 Å². The summed E-state index contributed by atoms with van der Waals surface area (Å²) in [5.41, 5.74) is 5.11. The molecule has 0 amide bonds. The van der Waals surface area contributed by atoms with Crippen molar-refractivity contribution >= 4 is 31.5 Å². The summed E-state index contributed by atoms with van der Waals surface area (Å²) in [6, 6.07) is 4.51. The fourth-order valence-corrected chi connectivity index (χ4v) is 6.52. The molecule has 1 fully saturated rings. The number of sulfonamides is 1. The maximum Gasteiger partial charge on any atom is 0.242 e. The smallest absolute Gasteiger partial charge is 0.242 e. The van der Waals surface area contributed by atoms with Gasteiger partial charge in [-0.25, -0.2) is 21.6 Å². The molecule has 118 valence electrons. The minimum absolute atomic E-state index is 0.0252. The Morgan fingerprint density at radius 2 is 2.10 bits per heavy atom. The Kier molecular flexibility index (Phi) is 4.38. The summed E-state index contributed by atoms with van der Waals surface area (Å²) in [4.78, 5) is -0.0855. The van der Waals surface area contributed by atoms with E-state index in [1.54, 1.807) is 13.0 Å². The topological polar surface area (TPSA) is 106 Å². The zero-order valence-corrected chi connectivity index (χ0v) is 13.9. The fraction of sp³-hybridized carbons (Fsp3) is 0.500. The molecule has 1 saturated heterocycles. The molecule has 0 spiro atoms. The number of halogens is 1. The number of rotatable bonds is 4. The van der Waals surface area contributed by atoms with E-state index in [2.05, 4.69) is 4.72 Å². The van der Waals surface area contributed by atoms with E-state index >= 15 is 0 Å². The van der Waals surface area contributed by atoms with Crippen LogP contribution < -0.4 is 10.5 Å². The van der Waals surface area contributed by atoms with Crippen molar-refractivity contribution in [3.63, 3.8) is 0 Å². The first kappa shape index (κ1) is 16.7. The molecule has 1 aromatic rings. The third-order valence-corrected chi connectivity index (χ3v) is 7.43. The number of sulfone groups is 1. The van der Waals surface area contributed by atoms with Gasteiger partial charge in [-0.2, -0.15) is 0 Å². The van der Waals surface area contributed by atoms with Crippen molar-refractivity contribution in [2.45, 2.75) is 30.3 Å². The lowest BCUT2D eigenvalue weighted by atomic mass is 10.0. The molecular formula is C12H17ClN2O4S2. The van der Waals surface area contributed by atoms with Crippen LogP contribution in [0.1, 0.15) is 18.9 Å². The SMILES string of the molecule is CC1(NS(=O)(=O)c2cc(CN)ccc2Cl)CCS(=O)(=O)C1. The average molecular weight is 353 g/mol. The summed E-state index contributed by atoms with van der Waals surface area (Å²) in [6.45, 7) is 1.77. The highest BCUT2D eigenvalue weighted by Crippen LogP contribution is 2.28. The van der Waals surface area contributed by atoms with Gasteiger partial charge < -0.3 is 5.73 Å². The molecule has 2 rings (SSSR count). The maximum absolute atomic E-state index is 12.5. The van der Waals surface area contributed by atoms with Gasteiger partial charge in [-0.1, -0.05) is 17.7 Å². The van der Waals surface area contributed by atoms with Crippen LogP contribution >= 0.6 is 11.6 Å². The zero-order valence-electron chi connectivity index (χ0n) is 11.5. The number of nitrogens with two attached hydrogens (primary N) is 1. The van der Waals surface area contributed by atoms with Crippen LogP contribution in [-0.2, 0) is 26.4 Å². The number of hydrogen-bond acceptors (Lipinski definition) is 5. The Bertz CT molecular complexity index is 761. The van der Waals surface area contributed by atoms with Crippen molar-refractivity contribution in [2.24, 2.45) is 5.73 Å². The highest BCUT2D eigenvalue weighted by atomic mass is 35.5. The summed E-state index contributed by atoms with van der Waals surface area (Å²) < 4.78 is 50.5. The lowest BCUT2D eigenvalue weighted by Crippen LogP contribution is -2.46. The van der Waals surface area contributed by atoms with Crippen molar-refractivity contribution in [1.29, 1.82) is 0 Å². The monoisotopic (exact) mass is 352 g/mol. The Morgan fingerprint density at radius 1 is 1.43 bits per heavy atom. The van der Waals surface area contributed by atoms with Gasteiger partial charge in [0, 0.05) is 12.1 Å². The van der Waals surface area contributed by atoms with Gasteiger partial charge in [0.05, 0.1) is 16.5 Å². The molecule has 3 N–H and O–H groups in total. The van der Waals surface area contributed by atoms with Gasteiger partial charge in [-0.05, 0) is 31.0 Å². The standard InChI is InChI=1S/C12H17ClN2O4S2/c1-12(4-5-20(16,17)8-12)15-21(18,19)11-6-9(7-14)2-3-10(11)13/h2-3,6,15H,4-5,7-8,14H2,1H3. The number of nitrogens with one attached hydrogen (secondary N) is 1. The summed E-state index contributed by atoms with van der Waals surface area (Å²) in [5.74, 6) is -0.240. The molecule has 1 atom stereocenters. The van der Waals surface area contributed by atoms with Crippen LogP contribution in [0, 0.1) is 0 Å². The third-order valence-electron chi connectivity index (χ3n) is 3.40. The van der Waals surface area contributed by atoms with Crippen LogP contribution in [0.3, 0.4) is 0 Å². The van der Waals surface area contributed by atoms with E-state index in [9.17, 15) is 16.8 Å². The van der Waals surface area contributed by atoms with Crippen LogP contribution in [0.2, 0.25) is 5.02 Å². The van der Waals surface area contributed by atoms with Gasteiger partial charge in [-0.3, -0.25) is 0 Å². The maximum atomic E-state index is 12.5. The van der Waals surface area contributed by atoms with E-state index in [1.807, 2.05) is 0 Å². The molecule has 6 nitrogen and oxygen atoms in total. The van der Waals surface area contributed by atoms with Gasteiger partial charge in [0.25, 0.3) is 0 Å². The van der Waals surface area contributed by atoms with Crippen molar-refractivity contribution in [3.05, 3.63) is 28.8 Å². The minimum atomic E-state index is -3.92. The molecular weight excluding hydrogens is 336 g/mol. The molecule has 0 bridgehead atoms. The first-order valence-corrected chi connectivity index (χ1v) is 9.98. The largest absolute Gasteiger partial charge is 0.326 e. The molecule has 0 radical (unpaired) electrons. The molecule has 1 aliphatic heterocycles. The molecule has 9 heteroatoms. The summed E-state index contributed by atoms with van der Waals surface area (Å²) >= 11 is 5.95. The molecule has 0 aliphatic carbocycles. The van der Waals surface area contributed by atoms with E-state index in [-0.39, 0.29) is 34.4 Å². The molecule has 1 aromatic carbocycles. The quantitative estimate of drug-likeness (QED) is 0.827. The van der Waals surface area contributed by atoms with Gasteiger partial charge in [0.2, 0.25) is 10.0 Å². The Morgan fingerprint density at radius 3 is 2.62 bits per heavy atom. The van der Waals surface area contributed by atoms with E-state index in [0.717, 1.165) is 0 Å². The Hall–Kier alpha value is -0.670. The first-order chi connectivity index (χ1) is 9.57. The highest BCUT2D eigenvalue weighted by Gasteiger charge is 2.41. The molecule has 0 aromatic heterocycles. The van der Waals surface area contributed by atoms with Crippen LogP contribution in [0.5, 0.6) is 0 Å². The normalized spacial score (nSPS) is 25.1. The van der Waals surface area contributed by atoms with E-state index in [0.29, 0.717) is 5.56 Å². The van der Waals surface area contributed by atoms with Crippen molar-refractivity contribution in [1.82, 2.24) is 4.72 Å². The van der Waals surface area contributed by atoms with Crippen molar-refractivity contribution in [2.75, 3.05) is 11.5 Å². The third kappa shape index (κ3) is 3.75. The summed E-state index contributed by atoms with van der Waals surface area (Å²) in [6.07, 6.45) is 0.239. The zero-order chi connectivity index (χ0) is 15.9. The molecule has 0 saturated carbocycles. The van der Waals surface area contributed by atoms with Gasteiger partial charge in [0.15, 0.2) is 9.84 Å². The van der Waals surface area contributed by atoms with Gasteiger partial charge in [0.1, 0.15) is 4.90 Å². The van der Waals surface area contributed by atoms with Gasteiger partial charge in [-0.15, -0.1) is 0 Å². The average Bonchev–Trinajstić information content (AvgIpc) is 2.62. The second kappa shape index (κ2) is 5.51. The predicted molar refractivity (Wildman–Crippen MR) is 81.3 cm³/mol. The van der Waals surface area contributed by atoms with Crippen molar-refractivity contribution < 1.29 is 16.8 Å². The Balaban J connectivity index is 2.35. The van der Waals surface area contributed by atoms with Crippen LogP contribution in [0.4, 0.5) is 0 Å². The first-order valence-electron chi connectivity index (χ1n) is 6.30. The second-order valence-electron chi connectivity index (χ2n) is 5.48. The van der Waals surface area contributed by atoms with Crippen LogP contribution in [0.25, 0.3) is 0 Å². The van der Waals surface area contributed by atoms with Crippen LogP contribution in [0.15, 0.2) is 23.1 Å². The molecule has 1 heterocycles. The number of hydrogen-bond donors (Lipinski definition) is 2. The fourth-order valence-electron chi connectivity index (χ4n) is 2.35.